The van der Waals surface area contributed by atoms with Crippen LogP contribution in [0.15, 0.2) is 18.2 Å². The number of hydrogen-bond donors (Lipinski definition) is 0. The lowest BCUT2D eigenvalue weighted by Gasteiger charge is -2.50. The largest absolute Gasteiger partial charge is 0.0651 e. The Balaban J connectivity index is 2.01. The summed E-state index contributed by atoms with van der Waals surface area (Å²) in [6.07, 6.45) is 8.41. The third-order valence-corrected chi connectivity index (χ3v) is 6.32. The zero-order valence-corrected chi connectivity index (χ0v) is 13.7. The first-order chi connectivity index (χ1) is 9.56. The van der Waals surface area contributed by atoms with Crippen LogP contribution in [0.2, 0.25) is 0 Å². The molecule has 1 saturated carbocycles. The van der Waals surface area contributed by atoms with E-state index in [9.17, 15) is 0 Å². The van der Waals surface area contributed by atoms with Crippen LogP contribution in [-0.4, -0.2) is 0 Å². The molecule has 1 aromatic carbocycles. The van der Waals surface area contributed by atoms with Crippen molar-refractivity contribution in [3.8, 4) is 0 Å². The minimum atomic E-state index is 0.460. The molecule has 0 radical (unpaired) electrons. The zero-order chi connectivity index (χ0) is 14.3. The number of rotatable bonds is 2. The van der Waals surface area contributed by atoms with E-state index in [0.29, 0.717) is 11.3 Å². The molecule has 1 fully saturated rings. The molecule has 2 aliphatic rings. The van der Waals surface area contributed by atoms with Crippen LogP contribution in [-0.2, 0) is 11.8 Å². The number of hydrogen-bond acceptors (Lipinski definition) is 0. The van der Waals surface area contributed by atoms with Crippen LogP contribution in [0.25, 0.3) is 0 Å². The predicted molar refractivity (Wildman–Crippen MR) is 87.3 cm³/mol. The molecular formula is C20H30. The minimum absolute atomic E-state index is 0.460. The van der Waals surface area contributed by atoms with Crippen molar-refractivity contribution in [1.82, 2.24) is 0 Å². The van der Waals surface area contributed by atoms with E-state index in [1.165, 1.54) is 44.1 Å². The highest BCUT2D eigenvalue weighted by Crippen LogP contribution is 2.53. The molecule has 0 aliphatic heterocycles. The molecule has 0 saturated heterocycles. The molecule has 0 heterocycles. The second-order valence-corrected chi connectivity index (χ2v) is 7.69. The highest BCUT2D eigenvalue weighted by molar-refractivity contribution is 5.41. The number of aryl methyl sites for hydroxylation is 1. The maximum atomic E-state index is 2.56. The molecule has 0 aromatic heterocycles. The van der Waals surface area contributed by atoms with Crippen molar-refractivity contribution >= 4 is 0 Å². The molecule has 0 N–H and O–H groups in total. The fraction of sp³-hybridized carbons (Fsp3) is 0.700. The van der Waals surface area contributed by atoms with Crippen LogP contribution in [0.1, 0.15) is 82.4 Å². The van der Waals surface area contributed by atoms with Crippen molar-refractivity contribution in [1.29, 1.82) is 0 Å². The summed E-state index contributed by atoms with van der Waals surface area (Å²) in [4.78, 5) is 0. The van der Waals surface area contributed by atoms with E-state index in [2.05, 4.69) is 45.9 Å². The van der Waals surface area contributed by atoms with Crippen LogP contribution in [0, 0.1) is 11.8 Å². The number of fused-ring (bicyclic) bond motifs is 3. The van der Waals surface area contributed by atoms with Gasteiger partial charge < -0.3 is 0 Å². The second-order valence-electron chi connectivity index (χ2n) is 7.69. The summed E-state index contributed by atoms with van der Waals surface area (Å²) in [5, 5.41) is 0. The van der Waals surface area contributed by atoms with Gasteiger partial charge >= 0.3 is 0 Å². The fourth-order valence-electron chi connectivity index (χ4n) is 5.06. The summed E-state index contributed by atoms with van der Waals surface area (Å²) in [5.41, 5.74) is 5.33. The third kappa shape index (κ3) is 2.12. The molecule has 2 aliphatic carbocycles. The van der Waals surface area contributed by atoms with Gasteiger partial charge in [-0.1, -0.05) is 65.2 Å². The molecule has 0 bridgehead atoms. The Morgan fingerprint density at radius 2 is 2.05 bits per heavy atom. The van der Waals surface area contributed by atoms with Gasteiger partial charge in [0.25, 0.3) is 0 Å². The summed E-state index contributed by atoms with van der Waals surface area (Å²) in [7, 11) is 0. The van der Waals surface area contributed by atoms with Crippen LogP contribution in [0.5, 0.6) is 0 Å². The van der Waals surface area contributed by atoms with Gasteiger partial charge in [-0.2, -0.15) is 0 Å². The molecule has 3 atom stereocenters. The molecule has 3 unspecified atom stereocenters. The van der Waals surface area contributed by atoms with Gasteiger partial charge in [0.2, 0.25) is 0 Å². The molecule has 0 spiro atoms. The standard InChI is InChI=1S/C20H30/c1-5-15-7-6-12-20(4)18(15)11-9-17-13-16(14(2)3)8-10-19(17)20/h8,10,13-15,18H,5-7,9,11-12H2,1-4H3. The Bertz CT molecular complexity index is 485. The average Bonchev–Trinajstić information content (AvgIpc) is 2.45. The van der Waals surface area contributed by atoms with Crippen LogP contribution in [0.4, 0.5) is 0 Å². The topological polar surface area (TPSA) is 0 Å². The first kappa shape index (κ1) is 14.2. The van der Waals surface area contributed by atoms with Crippen LogP contribution >= 0.6 is 0 Å². The average molecular weight is 270 g/mol. The lowest BCUT2D eigenvalue weighted by atomic mass is 9.54. The molecule has 3 rings (SSSR count). The van der Waals surface area contributed by atoms with Crippen molar-refractivity contribution in [3.05, 3.63) is 34.9 Å². The number of benzene rings is 1. The third-order valence-electron chi connectivity index (χ3n) is 6.32. The van der Waals surface area contributed by atoms with E-state index in [0.717, 1.165) is 11.8 Å². The summed E-state index contributed by atoms with van der Waals surface area (Å²) < 4.78 is 0. The lowest BCUT2D eigenvalue weighted by molar-refractivity contribution is 0.104. The van der Waals surface area contributed by atoms with E-state index in [-0.39, 0.29) is 0 Å². The summed E-state index contributed by atoms with van der Waals surface area (Å²) in [6.45, 7) is 9.58. The van der Waals surface area contributed by atoms with Crippen molar-refractivity contribution in [2.24, 2.45) is 11.8 Å². The smallest absolute Gasteiger partial charge is 0.00416 e. The highest BCUT2D eigenvalue weighted by atomic mass is 14.5. The molecular weight excluding hydrogens is 240 g/mol. The molecule has 0 amide bonds. The first-order valence-electron chi connectivity index (χ1n) is 8.69. The molecule has 0 nitrogen and oxygen atoms in total. The van der Waals surface area contributed by atoms with Gasteiger partial charge in [0.1, 0.15) is 0 Å². The molecule has 20 heavy (non-hydrogen) atoms. The van der Waals surface area contributed by atoms with E-state index in [1.807, 2.05) is 0 Å². The highest BCUT2D eigenvalue weighted by Gasteiger charge is 2.45. The SMILES string of the molecule is CCC1CCCC2(C)c3ccc(C(C)C)cc3CCC12. The van der Waals surface area contributed by atoms with Crippen LogP contribution < -0.4 is 0 Å². The molecule has 0 heteroatoms. The van der Waals surface area contributed by atoms with Gasteiger partial charge in [0.05, 0.1) is 0 Å². The Hall–Kier alpha value is -0.780. The second kappa shape index (κ2) is 5.20. The normalized spacial score (nSPS) is 32.9. The Labute approximate surface area is 125 Å². The van der Waals surface area contributed by atoms with Crippen LogP contribution in [0.3, 0.4) is 0 Å². The lowest BCUT2D eigenvalue weighted by Crippen LogP contribution is -2.43. The van der Waals surface area contributed by atoms with Gasteiger partial charge in [-0.3, -0.25) is 0 Å². The quantitative estimate of drug-likeness (QED) is 0.633. The van der Waals surface area contributed by atoms with Gasteiger partial charge in [-0.15, -0.1) is 0 Å². The predicted octanol–water partition coefficient (Wildman–Crippen LogP) is 5.84. The van der Waals surface area contributed by atoms with Gasteiger partial charge in [0.15, 0.2) is 0 Å². The van der Waals surface area contributed by atoms with Crippen molar-refractivity contribution < 1.29 is 0 Å². The van der Waals surface area contributed by atoms with Crippen molar-refractivity contribution in [2.45, 2.75) is 77.6 Å². The first-order valence-corrected chi connectivity index (χ1v) is 8.69. The Kier molecular flexibility index (Phi) is 3.69. The molecule has 1 aromatic rings. The Morgan fingerprint density at radius 3 is 2.75 bits per heavy atom. The monoisotopic (exact) mass is 270 g/mol. The van der Waals surface area contributed by atoms with Gasteiger partial charge in [-0.25, -0.2) is 0 Å². The van der Waals surface area contributed by atoms with Crippen molar-refractivity contribution in [2.75, 3.05) is 0 Å². The molecule has 110 valence electrons. The van der Waals surface area contributed by atoms with Gasteiger partial charge in [-0.05, 0) is 59.1 Å². The Morgan fingerprint density at radius 1 is 1.25 bits per heavy atom. The fourth-order valence-corrected chi connectivity index (χ4v) is 5.06. The van der Waals surface area contributed by atoms with E-state index in [4.69, 9.17) is 0 Å². The van der Waals surface area contributed by atoms with E-state index < -0.39 is 0 Å². The summed E-state index contributed by atoms with van der Waals surface area (Å²) in [5.74, 6) is 2.55. The van der Waals surface area contributed by atoms with Crippen molar-refractivity contribution in [3.63, 3.8) is 0 Å². The van der Waals surface area contributed by atoms with E-state index >= 15 is 0 Å². The maximum absolute atomic E-state index is 2.56. The van der Waals surface area contributed by atoms with Gasteiger partial charge in [0, 0.05) is 0 Å². The zero-order valence-electron chi connectivity index (χ0n) is 13.7. The minimum Gasteiger partial charge on any atom is -0.0651 e. The maximum Gasteiger partial charge on any atom is -0.00416 e. The summed E-state index contributed by atoms with van der Waals surface area (Å²) >= 11 is 0. The van der Waals surface area contributed by atoms with E-state index in [1.54, 1.807) is 11.1 Å². The summed E-state index contributed by atoms with van der Waals surface area (Å²) in [6, 6.07) is 7.39.